The highest BCUT2D eigenvalue weighted by molar-refractivity contribution is 7.89. The number of methoxy groups -OCH3 is 1. The highest BCUT2D eigenvalue weighted by atomic mass is 32.2. The van der Waals surface area contributed by atoms with Crippen LogP contribution in [-0.4, -0.2) is 37.9 Å². The van der Waals surface area contributed by atoms with Crippen LogP contribution in [0.2, 0.25) is 0 Å². The lowest BCUT2D eigenvalue weighted by atomic mass is 10.1. The molecule has 1 saturated heterocycles. The molecule has 1 fully saturated rings. The van der Waals surface area contributed by atoms with Gasteiger partial charge in [0.1, 0.15) is 0 Å². The lowest BCUT2D eigenvalue weighted by molar-refractivity contribution is -0.134. The molecular weight excluding hydrogens is 374 g/mol. The van der Waals surface area contributed by atoms with Gasteiger partial charge in [-0.15, -0.1) is 0 Å². The zero-order chi connectivity index (χ0) is 20.5. The lowest BCUT2D eigenvalue weighted by Gasteiger charge is -2.13. The normalized spacial score (nSPS) is 21.6. The highest BCUT2D eigenvalue weighted by Crippen LogP contribution is 2.40. The molecule has 0 N–H and O–H groups in total. The Morgan fingerprint density at radius 3 is 2.29 bits per heavy atom. The average Bonchev–Trinajstić information content (AvgIpc) is 3.32. The van der Waals surface area contributed by atoms with Crippen molar-refractivity contribution in [3.63, 3.8) is 0 Å². The fraction of sp³-hybridized carbons (Fsp3) is 0.318. The first-order chi connectivity index (χ1) is 13.3. The van der Waals surface area contributed by atoms with Gasteiger partial charge in [0.2, 0.25) is 10.0 Å². The summed E-state index contributed by atoms with van der Waals surface area (Å²) < 4.78 is 33.0. The van der Waals surface area contributed by atoms with Crippen LogP contribution in [0.5, 0.6) is 0 Å². The van der Waals surface area contributed by atoms with Gasteiger partial charge in [-0.1, -0.05) is 54.1 Å². The summed E-state index contributed by atoms with van der Waals surface area (Å²) in [6, 6.07) is 12.9. The van der Waals surface area contributed by atoms with E-state index in [1.165, 1.54) is 17.5 Å². The Morgan fingerprint density at radius 1 is 1.11 bits per heavy atom. The molecule has 1 aliphatic rings. The first-order valence-corrected chi connectivity index (χ1v) is 10.6. The second-order valence-corrected chi connectivity index (χ2v) is 8.97. The SMILES string of the molecule is COC(=O)/C=C/[C@H]1[C@@H](Cc2ccccc2)N1S(=O)(=O)c1c(C)cc(C)cc1C. The Balaban J connectivity index is 1.96. The van der Waals surface area contributed by atoms with Crippen molar-refractivity contribution in [2.45, 2.75) is 44.2 Å². The third-order valence-corrected chi connectivity index (χ3v) is 7.21. The van der Waals surface area contributed by atoms with Crippen molar-refractivity contribution >= 4 is 16.0 Å². The van der Waals surface area contributed by atoms with Gasteiger partial charge in [-0.2, -0.15) is 4.31 Å². The number of nitrogens with zero attached hydrogens (tertiary/aromatic N) is 1. The number of carbonyl (C=O) groups is 1. The molecule has 0 aromatic heterocycles. The van der Waals surface area contributed by atoms with Gasteiger partial charge in [-0.25, -0.2) is 13.2 Å². The lowest BCUT2D eigenvalue weighted by Crippen LogP contribution is -2.19. The van der Waals surface area contributed by atoms with E-state index in [0.29, 0.717) is 11.3 Å². The number of benzene rings is 2. The van der Waals surface area contributed by atoms with Gasteiger partial charge in [-0.3, -0.25) is 0 Å². The minimum Gasteiger partial charge on any atom is -0.466 e. The third-order valence-electron chi connectivity index (χ3n) is 4.98. The summed E-state index contributed by atoms with van der Waals surface area (Å²) in [6.07, 6.45) is 3.50. The van der Waals surface area contributed by atoms with Gasteiger partial charge >= 0.3 is 5.97 Å². The van der Waals surface area contributed by atoms with Gasteiger partial charge in [0.25, 0.3) is 0 Å². The van der Waals surface area contributed by atoms with Crippen LogP contribution in [-0.2, 0) is 26.0 Å². The number of sulfonamides is 1. The Bertz CT molecular complexity index is 989. The number of aryl methyl sites for hydroxylation is 3. The summed E-state index contributed by atoms with van der Waals surface area (Å²) in [5, 5.41) is 0. The van der Waals surface area contributed by atoms with Gasteiger partial charge in [-0.05, 0) is 43.9 Å². The van der Waals surface area contributed by atoms with Gasteiger partial charge in [0.05, 0.1) is 24.1 Å². The average molecular weight is 400 g/mol. The van der Waals surface area contributed by atoms with Gasteiger partial charge in [0, 0.05) is 6.08 Å². The van der Waals surface area contributed by atoms with Crippen molar-refractivity contribution in [1.29, 1.82) is 0 Å². The number of hydrogen-bond donors (Lipinski definition) is 0. The van der Waals surface area contributed by atoms with E-state index in [1.54, 1.807) is 6.08 Å². The van der Waals surface area contributed by atoms with Crippen molar-refractivity contribution in [2.75, 3.05) is 7.11 Å². The molecule has 0 amide bonds. The largest absolute Gasteiger partial charge is 0.466 e. The second-order valence-electron chi connectivity index (χ2n) is 7.19. The molecule has 0 aliphatic carbocycles. The quantitative estimate of drug-likeness (QED) is 0.425. The highest BCUT2D eigenvalue weighted by Gasteiger charge is 2.54. The number of carbonyl (C=O) groups excluding carboxylic acids is 1. The molecule has 0 spiro atoms. The second kappa shape index (κ2) is 7.89. The fourth-order valence-corrected chi connectivity index (χ4v) is 5.99. The van der Waals surface area contributed by atoms with Crippen LogP contribution in [0.4, 0.5) is 0 Å². The molecule has 0 bridgehead atoms. The van der Waals surface area contributed by atoms with E-state index in [2.05, 4.69) is 4.74 Å². The molecule has 0 saturated carbocycles. The molecule has 2 aromatic rings. The van der Waals surface area contributed by atoms with E-state index in [-0.39, 0.29) is 12.1 Å². The molecule has 2 aromatic carbocycles. The number of hydrogen-bond acceptors (Lipinski definition) is 4. The van der Waals surface area contributed by atoms with E-state index in [0.717, 1.165) is 22.3 Å². The minimum atomic E-state index is -3.69. The monoisotopic (exact) mass is 399 g/mol. The Morgan fingerprint density at radius 2 is 1.71 bits per heavy atom. The van der Waals surface area contributed by atoms with Crippen molar-refractivity contribution in [3.05, 3.63) is 76.9 Å². The van der Waals surface area contributed by atoms with E-state index in [1.807, 2.05) is 63.2 Å². The van der Waals surface area contributed by atoms with E-state index >= 15 is 0 Å². The van der Waals surface area contributed by atoms with E-state index in [4.69, 9.17) is 0 Å². The molecule has 148 valence electrons. The molecule has 1 heterocycles. The molecule has 1 aliphatic heterocycles. The molecule has 1 unspecified atom stereocenters. The third kappa shape index (κ3) is 4.03. The van der Waals surface area contributed by atoms with Crippen molar-refractivity contribution in [1.82, 2.24) is 4.31 Å². The smallest absolute Gasteiger partial charge is 0.330 e. The predicted octanol–water partition coefficient (Wildman–Crippen LogP) is 3.33. The van der Waals surface area contributed by atoms with Gasteiger partial charge < -0.3 is 4.74 Å². The van der Waals surface area contributed by atoms with Gasteiger partial charge in [0.15, 0.2) is 0 Å². The zero-order valence-electron chi connectivity index (χ0n) is 16.5. The molecule has 5 nitrogen and oxygen atoms in total. The number of ether oxygens (including phenoxy) is 1. The minimum absolute atomic E-state index is 0.228. The van der Waals surface area contributed by atoms with Crippen molar-refractivity contribution in [2.24, 2.45) is 0 Å². The number of rotatable bonds is 6. The molecule has 3 rings (SSSR count). The maximum Gasteiger partial charge on any atom is 0.330 e. The topological polar surface area (TPSA) is 63.5 Å². The van der Waals surface area contributed by atoms with Crippen molar-refractivity contribution < 1.29 is 17.9 Å². The Labute approximate surface area is 166 Å². The fourth-order valence-electron chi connectivity index (χ4n) is 3.82. The first-order valence-electron chi connectivity index (χ1n) is 9.17. The van der Waals surface area contributed by atoms with Crippen LogP contribution in [0.3, 0.4) is 0 Å². The summed E-state index contributed by atoms with van der Waals surface area (Å²) in [7, 11) is -2.39. The predicted molar refractivity (Wildman–Crippen MR) is 109 cm³/mol. The summed E-state index contributed by atoms with van der Waals surface area (Å²) >= 11 is 0. The Hall–Kier alpha value is -2.44. The molecular formula is C22H25NO4S. The molecule has 6 heteroatoms. The summed E-state index contributed by atoms with van der Waals surface area (Å²) in [6.45, 7) is 5.59. The van der Waals surface area contributed by atoms with E-state index < -0.39 is 16.0 Å². The maximum atomic E-state index is 13.4. The van der Waals surface area contributed by atoms with Crippen LogP contribution < -0.4 is 0 Å². The Kier molecular flexibility index (Phi) is 5.72. The summed E-state index contributed by atoms with van der Waals surface area (Å²) in [5.74, 6) is -0.495. The zero-order valence-corrected chi connectivity index (χ0v) is 17.4. The van der Waals surface area contributed by atoms with Crippen LogP contribution in [0, 0.1) is 20.8 Å². The first kappa shape index (κ1) is 20.3. The van der Waals surface area contributed by atoms with Crippen LogP contribution >= 0.6 is 0 Å². The molecule has 0 radical (unpaired) electrons. The van der Waals surface area contributed by atoms with E-state index in [9.17, 15) is 13.2 Å². The van der Waals surface area contributed by atoms with Crippen LogP contribution in [0.25, 0.3) is 0 Å². The van der Waals surface area contributed by atoms with Crippen LogP contribution in [0.15, 0.2) is 59.5 Å². The standard InChI is InChI=1S/C22H25NO4S/c1-15-12-16(2)22(17(3)13-15)28(25,26)23-19(10-11-21(24)27-4)20(23)14-18-8-6-5-7-9-18/h5-13,19-20H,14H2,1-4H3/b11-10+/t19-,20+,23?/m0/s1. The number of esters is 1. The molecule has 3 atom stereocenters. The van der Waals surface area contributed by atoms with Crippen molar-refractivity contribution in [3.8, 4) is 0 Å². The summed E-state index contributed by atoms with van der Waals surface area (Å²) in [5.41, 5.74) is 3.55. The maximum absolute atomic E-state index is 13.4. The van der Waals surface area contributed by atoms with Crippen LogP contribution in [0.1, 0.15) is 22.3 Å². The summed E-state index contributed by atoms with van der Waals surface area (Å²) in [4.78, 5) is 11.9. The molecule has 28 heavy (non-hydrogen) atoms.